The van der Waals surface area contributed by atoms with Crippen molar-refractivity contribution in [2.75, 3.05) is 33.2 Å². The van der Waals surface area contributed by atoms with Crippen LogP contribution in [0.15, 0.2) is 29.2 Å². The van der Waals surface area contributed by atoms with Crippen molar-refractivity contribution in [3.63, 3.8) is 0 Å². The van der Waals surface area contributed by atoms with Gasteiger partial charge >= 0.3 is 0 Å². The zero-order valence-corrected chi connectivity index (χ0v) is 15.1. The van der Waals surface area contributed by atoms with Crippen molar-refractivity contribution in [1.82, 2.24) is 15.1 Å². The highest BCUT2D eigenvalue weighted by Crippen LogP contribution is 2.27. The van der Waals surface area contributed by atoms with Crippen LogP contribution in [0, 0.1) is 0 Å². The monoisotopic (exact) mass is 365 g/mol. The summed E-state index contributed by atoms with van der Waals surface area (Å²) in [6.45, 7) is 1.58. The van der Waals surface area contributed by atoms with Crippen molar-refractivity contribution < 1.29 is 18.0 Å². The lowest BCUT2D eigenvalue weighted by atomic mass is 10.1. The first kappa shape index (κ1) is 17.9. The quantitative estimate of drug-likeness (QED) is 0.812. The lowest BCUT2D eigenvalue weighted by molar-refractivity contribution is -0.141. The average molecular weight is 365 g/mol. The first-order valence-corrected chi connectivity index (χ1v) is 9.97. The number of nitrogens with zero attached hydrogens (tertiary/aromatic N) is 2. The lowest BCUT2D eigenvalue weighted by Gasteiger charge is -2.30. The molecule has 1 aromatic rings. The number of carbonyl (C=O) groups is 2. The van der Waals surface area contributed by atoms with Crippen LogP contribution in [0.3, 0.4) is 0 Å². The number of piperazine rings is 1. The van der Waals surface area contributed by atoms with Crippen LogP contribution in [0.2, 0.25) is 0 Å². The molecule has 2 heterocycles. The van der Waals surface area contributed by atoms with Gasteiger partial charge < -0.3 is 15.1 Å². The predicted octanol–water partition coefficient (Wildman–Crippen LogP) is 0.0129. The van der Waals surface area contributed by atoms with Crippen molar-refractivity contribution in [3.8, 4) is 0 Å². The fourth-order valence-corrected chi connectivity index (χ4v) is 5.30. The lowest BCUT2D eigenvalue weighted by Crippen LogP contribution is -2.51. The largest absolute Gasteiger partial charge is 0.345 e. The number of sulfone groups is 1. The number of likely N-dealkylation sites (tertiary alicyclic amines) is 1. The summed E-state index contributed by atoms with van der Waals surface area (Å²) >= 11 is 0. The summed E-state index contributed by atoms with van der Waals surface area (Å²) in [6.07, 6.45) is 1.22. The van der Waals surface area contributed by atoms with E-state index in [4.69, 9.17) is 0 Å². The maximum atomic E-state index is 13.1. The topological polar surface area (TPSA) is 86.8 Å². The molecule has 0 atom stereocenters. The third-order valence-corrected chi connectivity index (χ3v) is 7.23. The fraction of sp³-hybridized carbons (Fsp3) is 0.529. The number of hydrogen-bond donors (Lipinski definition) is 1. The number of amides is 2. The van der Waals surface area contributed by atoms with Gasteiger partial charge in [-0.05, 0) is 44.6 Å². The van der Waals surface area contributed by atoms with Crippen molar-refractivity contribution >= 4 is 21.7 Å². The van der Waals surface area contributed by atoms with Gasteiger partial charge in [-0.25, -0.2) is 8.42 Å². The normalized spacial score (nSPS) is 20.6. The van der Waals surface area contributed by atoms with Crippen LogP contribution < -0.4 is 5.32 Å². The molecule has 2 aliphatic rings. The Balaban J connectivity index is 1.85. The highest BCUT2D eigenvalue weighted by molar-refractivity contribution is 7.92. The van der Waals surface area contributed by atoms with Crippen molar-refractivity contribution in [3.05, 3.63) is 29.8 Å². The van der Waals surface area contributed by atoms with E-state index in [1.807, 2.05) is 7.05 Å². The van der Waals surface area contributed by atoms with Crippen LogP contribution in [-0.2, 0) is 26.0 Å². The van der Waals surface area contributed by atoms with Gasteiger partial charge in [0, 0.05) is 6.54 Å². The van der Waals surface area contributed by atoms with Gasteiger partial charge in [0.05, 0.1) is 23.2 Å². The van der Waals surface area contributed by atoms with Crippen LogP contribution in [0.4, 0.5) is 0 Å². The van der Waals surface area contributed by atoms with Crippen LogP contribution in [-0.4, -0.2) is 68.5 Å². The molecule has 0 saturated carbocycles. The maximum absolute atomic E-state index is 13.1. The molecule has 25 heavy (non-hydrogen) atoms. The van der Waals surface area contributed by atoms with E-state index in [2.05, 4.69) is 10.2 Å². The first-order chi connectivity index (χ1) is 11.9. The standard InChI is InChI=1S/C17H23N3O4S/c1-19-8-6-14(7-9-19)25(23,24)15-5-3-2-4-13(15)11-20-12-16(21)18-10-17(20)22/h2-5,14H,6-12H2,1H3,(H,18,21). The highest BCUT2D eigenvalue weighted by Gasteiger charge is 2.33. The Kier molecular flexibility index (Phi) is 5.10. The number of benzene rings is 1. The summed E-state index contributed by atoms with van der Waals surface area (Å²) in [5.74, 6) is -0.429. The van der Waals surface area contributed by atoms with Crippen LogP contribution in [0.1, 0.15) is 18.4 Å². The third kappa shape index (κ3) is 3.85. The van der Waals surface area contributed by atoms with E-state index >= 15 is 0 Å². The van der Waals surface area contributed by atoms with Crippen molar-refractivity contribution in [2.45, 2.75) is 29.5 Å². The molecule has 0 radical (unpaired) electrons. The van der Waals surface area contributed by atoms with Crippen molar-refractivity contribution in [1.29, 1.82) is 0 Å². The highest BCUT2D eigenvalue weighted by atomic mass is 32.2. The molecule has 8 heteroatoms. The van der Waals surface area contributed by atoms with Gasteiger partial charge in [-0.2, -0.15) is 0 Å². The molecule has 1 N–H and O–H groups in total. The second-order valence-corrected chi connectivity index (χ2v) is 8.88. The minimum atomic E-state index is -3.46. The summed E-state index contributed by atoms with van der Waals surface area (Å²) in [6, 6.07) is 6.80. The van der Waals surface area contributed by atoms with E-state index in [-0.39, 0.29) is 36.3 Å². The Morgan fingerprint density at radius 3 is 2.56 bits per heavy atom. The molecule has 0 aromatic heterocycles. The van der Waals surface area contributed by atoms with Crippen LogP contribution >= 0.6 is 0 Å². The summed E-state index contributed by atoms with van der Waals surface area (Å²) in [4.78, 5) is 27.4. The molecule has 2 saturated heterocycles. The minimum absolute atomic E-state index is 0.0390. The second kappa shape index (κ2) is 7.13. The Bertz CT molecular complexity index is 770. The molecular formula is C17H23N3O4S. The number of carbonyl (C=O) groups excluding carboxylic acids is 2. The molecule has 0 aliphatic carbocycles. The van der Waals surface area contributed by atoms with Gasteiger partial charge in [-0.1, -0.05) is 18.2 Å². The Morgan fingerprint density at radius 2 is 1.84 bits per heavy atom. The van der Waals surface area contributed by atoms with Gasteiger partial charge in [0.2, 0.25) is 11.8 Å². The zero-order chi connectivity index (χ0) is 18.0. The van der Waals surface area contributed by atoms with E-state index in [9.17, 15) is 18.0 Å². The average Bonchev–Trinajstić information content (AvgIpc) is 2.59. The minimum Gasteiger partial charge on any atom is -0.345 e. The number of hydrogen-bond acceptors (Lipinski definition) is 5. The predicted molar refractivity (Wildman–Crippen MR) is 92.6 cm³/mol. The molecule has 1 aromatic carbocycles. The van der Waals surface area contributed by atoms with E-state index in [1.165, 1.54) is 4.90 Å². The third-order valence-electron chi connectivity index (χ3n) is 4.87. The van der Waals surface area contributed by atoms with Gasteiger partial charge in [0.25, 0.3) is 0 Å². The Morgan fingerprint density at radius 1 is 1.16 bits per heavy atom. The SMILES string of the molecule is CN1CCC(S(=O)(=O)c2ccccc2CN2CC(=O)NCC2=O)CC1. The van der Waals surface area contributed by atoms with Crippen LogP contribution in [0.5, 0.6) is 0 Å². The van der Waals surface area contributed by atoms with E-state index < -0.39 is 15.1 Å². The second-order valence-electron chi connectivity index (χ2n) is 6.68. The van der Waals surface area contributed by atoms with E-state index in [1.54, 1.807) is 24.3 Å². The maximum Gasteiger partial charge on any atom is 0.242 e. The number of piperidine rings is 1. The summed E-state index contributed by atoms with van der Waals surface area (Å²) < 4.78 is 26.2. The molecule has 0 bridgehead atoms. The molecule has 3 rings (SSSR count). The summed E-state index contributed by atoms with van der Waals surface area (Å²) in [7, 11) is -1.47. The van der Waals surface area contributed by atoms with Crippen molar-refractivity contribution in [2.24, 2.45) is 0 Å². The van der Waals surface area contributed by atoms with E-state index in [0.717, 1.165) is 13.1 Å². The van der Waals surface area contributed by atoms with E-state index in [0.29, 0.717) is 18.4 Å². The van der Waals surface area contributed by atoms with Gasteiger partial charge in [0.15, 0.2) is 9.84 Å². The molecule has 0 unspecified atom stereocenters. The summed E-state index contributed by atoms with van der Waals surface area (Å²) in [5.41, 5.74) is 0.574. The van der Waals surface area contributed by atoms with Gasteiger partial charge in [0.1, 0.15) is 0 Å². The number of rotatable bonds is 4. The molecule has 2 amide bonds. The van der Waals surface area contributed by atoms with Gasteiger partial charge in [-0.3, -0.25) is 9.59 Å². The molecule has 2 fully saturated rings. The molecule has 7 nitrogen and oxygen atoms in total. The summed E-state index contributed by atoms with van der Waals surface area (Å²) in [5, 5.41) is 2.10. The number of nitrogens with one attached hydrogen (secondary N) is 1. The smallest absolute Gasteiger partial charge is 0.242 e. The fourth-order valence-electron chi connectivity index (χ4n) is 3.34. The Labute approximate surface area is 147 Å². The molecular weight excluding hydrogens is 342 g/mol. The zero-order valence-electron chi connectivity index (χ0n) is 14.3. The first-order valence-electron chi connectivity index (χ1n) is 8.43. The molecule has 136 valence electrons. The molecule has 2 aliphatic heterocycles. The van der Waals surface area contributed by atoms with Gasteiger partial charge in [-0.15, -0.1) is 0 Å². The Hall–Kier alpha value is -1.93. The van der Waals surface area contributed by atoms with Crippen LogP contribution in [0.25, 0.3) is 0 Å². The molecule has 0 spiro atoms.